The normalized spacial score (nSPS) is 23.9. The number of nitrogens with zero attached hydrogens (tertiary/aromatic N) is 3. The predicted octanol–water partition coefficient (Wildman–Crippen LogP) is 3.06. The largest absolute Gasteiger partial charge is 0.369 e. The molecule has 122 valence electrons. The summed E-state index contributed by atoms with van der Waals surface area (Å²) in [5.41, 5.74) is 1.96. The van der Waals surface area contributed by atoms with E-state index < -0.39 is 11.3 Å². The lowest BCUT2D eigenvalue weighted by molar-refractivity contribution is -0.120. The van der Waals surface area contributed by atoms with E-state index in [1.807, 2.05) is 35.2 Å². The third kappa shape index (κ3) is 2.10. The minimum absolute atomic E-state index is 0.137. The number of anilines is 2. The predicted molar refractivity (Wildman–Crippen MR) is 94.2 cm³/mol. The Morgan fingerprint density at radius 2 is 2.04 bits per heavy atom. The average molecular weight is 349 g/mol. The van der Waals surface area contributed by atoms with E-state index in [0.717, 1.165) is 16.9 Å². The average Bonchev–Trinajstić information content (AvgIpc) is 3.15. The van der Waals surface area contributed by atoms with E-state index in [0.29, 0.717) is 23.7 Å². The number of fused-ring (bicyclic) bond motifs is 2. The molecule has 1 amide bonds. The monoisotopic (exact) mass is 348 g/mol. The van der Waals surface area contributed by atoms with Gasteiger partial charge < -0.3 is 10.2 Å². The molecule has 1 N–H and O–H groups in total. The Labute approximate surface area is 150 Å². The van der Waals surface area contributed by atoms with Crippen molar-refractivity contribution in [2.75, 3.05) is 23.3 Å². The SMILES string of the molecule is N#Cc1ccc(N2CC(C#N)C3(C2)C(=O)Nc2ccccc23)cc1Cl. The first-order chi connectivity index (χ1) is 12.1. The second-order valence-corrected chi connectivity index (χ2v) is 6.72. The molecule has 1 fully saturated rings. The summed E-state index contributed by atoms with van der Waals surface area (Å²) in [6, 6.07) is 17.0. The molecular weight excluding hydrogens is 336 g/mol. The molecule has 2 aliphatic rings. The van der Waals surface area contributed by atoms with Crippen molar-refractivity contribution in [3.8, 4) is 12.1 Å². The van der Waals surface area contributed by atoms with Gasteiger partial charge in [0.25, 0.3) is 0 Å². The molecule has 2 aliphatic heterocycles. The summed E-state index contributed by atoms with van der Waals surface area (Å²) in [5, 5.41) is 22.0. The molecule has 6 heteroatoms. The van der Waals surface area contributed by atoms with E-state index in [2.05, 4.69) is 11.4 Å². The Hall–Kier alpha value is -3.02. The topological polar surface area (TPSA) is 79.9 Å². The van der Waals surface area contributed by atoms with Gasteiger partial charge in [0.1, 0.15) is 11.5 Å². The molecule has 5 nitrogen and oxygen atoms in total. The number of hydrogen-bond donors (Lipinski definition) is 1. The molecular formula is C19H13ClN4O. The number of para-hydroxylation sites is 1. The van der Waals surface area contributed by atoms with Crippen molar-refractivity contribution >= 4 is 28.9 Å². The van der Waals surface area contributed by atoms with Crippen LogP contribution in [0.5, 0.6) is 0 Å². The van der Waals surface area contributed by atoms with Crippen molar-refractivity contribution in [3.05, 3.63) is 58.6 Å². The number of halogens is 1. The lowest BCUT2D eigenvalue weighted by atomic mass is 9.74. The van der Waals surface area contributed by atoms with Crippen LogP contribution in [0.4, 0.5) is 11.4 Å². The number of nitrogens with one attached hydrogen (secondary N) is 1. The van der Waals surface area contributed by atoms with E-state index in [1.54, 1.807) is 18.2 Å². The van der Waals surface area contributed by atoms with Crippen LogP contribution in [0.1, 0.15) is 11.1 Å². The molecule has 0 radical (unpaired) electrons. The fraction of sp³-hybridized carbons (Fsp3) is 0.211. The highest BCUT2D eigenvalue weighted by molar-refractivity contribution is 6.32. The van der Waals surface area contributed by atoms with Gasteiger partial charge in [0.15, 0.2) is 0 Å². The zero-order chi connectivity index (χ0) is 17.6. The first-order valence-corrected chi connectivity index (χ1v) is 8.23. The smallest absolute Gasteiger partial charge is 0.238 e. The second kappa shape index (κ2) is 5.51. The highest BCUT2D eigenvalue weighted by atomic mass is 35.5. The molecule has 2 aromatic rings. The summed E-state index contributed by atoms with van der Waals surface area (Å²) in [7, 11) is 0. The van der Waals surface area contributed by atoms with Gasteiger partial charge in [-0.15, -0.1) is 0 Å². The van der Waals surface area contributed by atoms with Crippen LogP contribution in [0.2, 0.25) is 5.02 Å². The van der Waals surface area contributed by atoms with Crippen molar-refractivity contribution in [3.63, 3.8) is 0 Å². The fourth-order valence-corrected chi connectivity index (χ4v) is 4.05. The van der Waals surface area contributed by atoms with Crippen LogP contribution >= 0.6 is 11.6 Å². The Morgan fingerprint density at radius 1 is 1.24 bits per heavy atom. The molecule has 25 heavy (non-hydrogen) atoms. The van der Waals surface area contributed by atoms with Crippen molar-refractivity contribution in [1.82, 2.24) is 0 Å². The van der Waals surface area contributed by atoms with Gasteiger partial charge in [-0.1, -0.05) is 29.8 Å². The summed E-state index contributed by atoms with van der Waals surface area (Å²) in [4.78, 5) is 14.8. The number of rotatable bonds is 1. The first-order valence-electron chi connectivity index (χ1n) is 7.85. The molecule has 2 aromatic carbocycles. The van der Waals surface area contributed by atoms with Crippen LogP contribution in [0.25, 0.3) is 0 Å². The fourth-order valence-electron chi connectivity index (χ4n) is 3.83. The maximum Gasteiger partial charge on any atom is 0.238 e. The summed E-state index contributed by atoms with van der Waals surface area (Å²) in [6.07, 6.45) is 0. The van der Waals surface area contributed by atoms with Crippen LogP contribution in [0.3, 0.4) is 0 Å². The van der Waals surface area contributed by atoms with Crippen LogP contribution in [-0.4, -0.2) is 19.0 Å². The van der Waals surface area contributed by atoms with Crippen molar-refractivity contribution in [2.24, 2.45) is 5.92 Å². The van der Waals surface area contributed by atoms with Gasteiger partial charge >= 0.3 is 0 Å². The number of benzene rings is 2. The van der Waals surface area contributed by atoms with Crippen molar-refractivity contribution in [2.45, 2.75) is 5.41 Å². The number of carbonyl (C=O) groups excluding carboxylic acids is 1. The van der Waals surface area contributed by atoms with Gasteiger partial charge in [-0.25, -0.2) is 0 Å². The summed E-state index contributed by atoms with van der Waals surface area (Å²) in [5.74, 6) is -0.604. The minimum Gasteiger partial charge on any atom is -0.369 e. The van der Waals surface area contributed by atoms with Crippen molar-refractivity contribution in [1.29, 1.82) is 10.5 Å². The van der Waals surface area contributed by atoms with E-state index in [9.17, 15) is 10.1 Å². The number of nitriles is 2. The maximum atomic E-state index is 12.8. The van der Waals surface area contributed by atoms with Gasteiger partial charge in [-0.05, 0) is 29.8 Å². The highest BCUT2D eigenvalue weighted by Crippen LogP contribution is 2.48. The minimum atomic E-state index is -0.883. The number of hydrogen-bond acceptors (Lipinski definition) is 4. The molecule has 4 rings (SSSR count). The molecule has 1 spiro atoms. The Balaban J connectivity index is 1.78. The third-order valence-corrected chi connectivity index (χ3v) is 5.41. The van der Waals surface area contributed by atoms with Gasteiger partial charge in [0, 0.05) is 24.5 Å². The van der Waals surface area contributed by atoms with Gasteiger partial charge in [-0.3, -0.25) is 4.79 Å². The molecule has 0 saturated carbocycles. The second-order valence-electron chi connectivity index (χ2n) is 6.31. The third-order valence-electron chi connectivity index (χ3n) is 5.09. The van der Waals surface area contributed by atoms with Gasteiger partial charge in [0.05, 0.1) is 22.6 Å². The van der Waals surface area contributed by atoms with Crippen LogP contribution in [-0.2, 0) is 10.2 Å². The zero-order valence-corrected chi connectivity index (χ0v) is 13.9. The standard InChI is InChI=1S/C19H13ClN4O/c20-16-7-14(6-5-12(16)8-21)24-10-13(9-22)19(11-24)15-3-1-2-4-17(15)23-18(19)25/h1-7,13H,10-11H2,(H,23,25). The van der Waals surface area contributed by atoms with Gasteiger partial charge in [-0.2, -0.15) is 10.5 Å². The lowest BCUT2D eigenvalue weighted by Gasteiger charge is -2.25. The zero-order valence-electron chi connectivity index (χ0n) is 13.2. The first kappa shape index (κ1) is 15.5. The quantitative estimate of drug-likeness (QED) is 0.858. The van der Waals surface area contributed by atoms with E-state index in [4.69, 9.17) is 16.9 Å². The number of amides is 1. The molecule has 0 aromatic heterocycles. The van der Waals surface area contributed by atoms with E-state index >= 15 is 0 Å². The number of carbonyl (C=O) groups is 1. The molecule has 1 saturated heterocycles. The van der Waals surface area contributed by atoms with E-state index in [-0.39, 0.29) is 5.91 Å². The maximum absolute atomic E-state index is 12.8. The lowest BCUT2D eigenvalue weighted by Crippen LogP contribution is -2.41. The Morgan fingerprint density at radius 3 is 2.76 bits per heavy atom. The molecule has 2 atom stereocenters. The van der Waals surface area contributed by atoms with Crippen molar-refractivity contribution < 1.29 is 4.79 Å². The summed E-state index contributed by atoms with van der Waals surface area (Å²) >= 11 is 6.15. The molecule has 0 aliphatic carbocycles. The summed E-state index contributed by atoms with van der Waals surface area (Å²) in [6.45, 7) is 0.830. The molecule has 2 unspecified atom stereocenters. The van der Waals surface area contributed by atoms with Crippen LogP contribution < -0.4 is 10.2 Å². The van der Waals surface area contributed by atoms with Gasteiger partial charge in [0.2, 0.25) is 5.91 Å². The highest BCUT2D eigenvalue weighted by Gasteiger charge is 2.57. The van der Waals surface area contributed by atoms with Crippen LogP contribution in [0, 0.1) is 28.6 Å². The Bertz CT molecular complexity index is 974. The summed E-state index contributed by atoms with van der Waals surface area (Å²) < 4.78 is 0. The van der Waals surface area contributed by atoms with E-state index in [1.165, 1.54) is 0 Å². The Kier molecular flexibility index (Phi) is 3.42. The van der Waals surface area contributed by atoms with Crippen LogP contribution in [0.15, 0.2) is 42.5 Å². The molecule has 2 heterocycles. The molecule has 0 bridgehead atoms.